The fraction of sp³-hybridized carbons (Fsp3) is 0.125. The van der Waals surface area contributed by atoms with Crippen LogP contribution in [0.4, 0.5) is 5.69 Å². The zero-order valence-electron chi connectivity index (χ0n) is 18.9. The third-order valence-electron chi connectivity index (χ3n) is 5.43. The van der Waals surface area contributed by atoms with Crippen molar-refractivity contribution >= 4 is 33.2 Å². The van der Waals surface area contributed by atoms with E-state index in [4.69, 9.17) is 11.6 Å². The minimum atomic E-state index is -4.42. The van der Waals surface area contributed by atoms with Crippen molar-refractivity contribution in [2.45, 2.75) is 18.4 Å². The highest BCUT2D eigenvalue weighted by atomic mass is 35.5. The molecule has 11 heteroatoms. The van der Waals surface area contributed by atoms with E-state index in [0.717, 1.165) is 11.6 Å². The standard InChI is InChI=1S/C24H21ClN5O4S/c1-16-22(24(32)30(29(16)2)19-8-4-3-5-9-19)28-35(33,34)21-13-18(10-11-20(21)25)23(31)27-15-17-7-6-12-26-14-17/h3-14H,15H2,1-2H3,(H,27,31)/q-1/p+1. The summed E-state index contributed by atoms with van der Waals surface area (Å²) in [5.74, 6) is -0.482. The topological polar surface area (TPSA) is 118 Å². The third kappa shape index (κ3) is 4.98. The number of nitrogens with one attached hydrogen (secondary N) is 2. The van der Waals surface area contributed by atoms with E-state index in [0.29, 0.717) is 11.4 Å². The number of H-pyrrole nitrogens is 1. The molecule has 2 heterocycles. The van der Waals surface area contributed by atoms with Crippen LogP contribution in [0.15, 0.2) is 82.7 Å². The predicted octanol–water partition coefficient (Wildman–Crippen LogP) is 3.28. The van der Waals surface area contributed by atoms with Crippen LogP contribution in [-0.2, 0) is 23.6 Å². The molecule has 4 aromatic rings. The summed E-state index contributed by atoms with van der Waals surface area (Å²) in [5, 5.41) is 2.61. The van der Waals surface area contributed by atoms with Crippen molar-refractivity contribution in [2.24, 2.45) is 7.05 Å². The number of nitrogens with zero attached hydrogens (tertiary/aromatic N) is 3. The summed E-state index contributed by atoms with van der Waals surface area (Å²) in [7, 11) is -2.78. The molecule has 2 N–H and O–H groups in total. The molecule has 9 nitrogen and oxygen atoms in total. The summed E-state index contributed by atoms with van der Waals surface area (Å²) < 4.78 is 33.1. The SMILES string of the molecule is Cc1c([N-]S(=O)(=O)c2cc(C(=O)NCc3ccc[nH+]c3)ccc2Cl)c(=O)n(-c2ccccc2)n1C. The Bertz CT molecular complexity index is 1550. The summed E-state index contributed by atoms with van der Waals surface area (Å²) in [6.45, 7) is 1.84. The summed E-state index contributed by atoms with van der Waals surface area (Å²) in [6, 6.07) is 16.3. The van der Waals surface area contributed by atoms with Gasteiger partial charge in [0.15, 0.2) is 12.4 Å². The van der Waals surface area contributed by atoms with Gasteiger partial charge in [-0.15, -0.1) is 0 Å². The quantitative estimate of drug-likeness (QED) is 0.409. The Morgan fingerprint density at radius 2 is 1.86 bits per heavy atom. The van der Waals surface area contributed by atoms with Crippen LogP contribution < -0.4 is 15.9 Å². The summed E-state index contributed by atoms with van der Waals surface area (Å²) in [5.41, 5.74) is 1.02. The number of halogens is 1. The molecule has 35 heavy (non-hydrogen) atoms. The van der Waals surface area contributed by atoms with Gasteiger partial charge in [0, 0.05) is 36.5 Å². The second kappa shape index (κ2) is 9.77. The average molecular weight is 512 g/mol. The Morgan fingerprint density at radius 1 is 1.11 bits per heavy atom. The smallest absolute Gasteiger partial charge is 0.257 e. The molecule has 180 valence electrons. The molecular formula is C24H22ClN5O4S. The van der Waals surface area contributed by atoms with Gasteiger partial charge in [0.05, 0.1) is 15.6 Å². The minimum Gasteiger partial charge on any atom is -0.567 e. The number of aromatic nitrogens is 3. The number of carbonyl (C=O) groups is 1. The van der Waals surface area contributed by atoms with Crippen LogP contribution in [-0.4, -0.2) is 23.7 Å². The lowest BCUT2D eigenvalue weighted by Gasteiger charge is -2.21. The maximum absolute atomic E-state index is 13.2. The second-order valence-electron chi connectivity index (χ2n) is 7.72. The average Bonchev–Trinajstić information content (AvgIpc) is 3.06. The van der Waals surface area contributed by atoms with Gasteiger partial charge >= 0.3 is 0 Å². The third-order valence-corrected chi connectivity index (χ3v) is 7.19. The summed E-state index contributed by atoms with van der Waals surface area (Å²) >= 11 is 6.17. The van der Waals surface area contributed by atoms with Crippen molar-refractivity contribution in [1.82, 2.24) is 14.7 Å². The highest BCUT2D eigenvalue weighted by molar-refractivity contribution is 7.94. The molecular weight excluding hydrogens is 490 g/mol. The molecule has 2 aromatic heterocycles. The number of sulfonamides is 1. The summed E-state index contributed by atoms with van der Waals surface area (Å²) in [6.07, 6.45) is 3.48. The van der Waals surface area contributed by atoms with Gasteiger partial charge in [-0.3, -0.25) is 14.3 Å². The van der Waals surface area contributed by atoms with Gasteiger partial charge in [-0.1, -0.05) is 29.8 Å². The monoisotopic (exact) mass is 511 g/mol. The lowest BCUT2D eigenvalue weighted by Crippen LogP contribution is -2.23. The number of benzene rings is 2. The van der Waals surface area contributed by atoms with Crippen molar-refractivity contribution in [3.63, 3.8) is 0 Å². The highest BCUT2D eigenvalue weighted by Gasteiger charge is 2.18. The van der Waals surface area contributed by atoms with Crippen molar-refractivity contribution in [3.8, 4) is 5.69 Å². The molecule has 0 saturated carbocycles. The molecule has 4 rings (SSSR count). The second-order valence-corrected chi connectivity index (χ2v) is 9.70. The van der Waals surface area contributed by atoms with E-state index in [9.17, 15) is 18.0 Å². The molecule has 0 atom stereocenters. The Kier molecular flexibility index (Phi) is 6.77. The van der Waals surface area contributed by atoms with E-state index in [1.165, 1.54) is 21.5 Å². The Hall–Kier alpha value is -3.89. The van der Waals surface area contributed by atoms with Crippen LogP contribution in [0.5, 0.6) is 0 Å². The van der Waals surface area contributed by atoms with Gasteiger partial charge in [0.1, 0.15) is 10.0 Å². The van der Waals surface area contributed by atoms with Gasteiger partial charge < -0.3 is 10.0 Å². The first-order chi connectivity index (χ1) is 16.7. The molecule has 0 fully saturated rings. The van der Waals surface area contributed by atoms with Crippen molar-refractivity contribution < 1.29 is 18.2 Å². The summed E-state index contributed by atoms with van der Waals surface area (Å²) in [4.78, 5) is 28.3. The van der Waals surface area contributed by atoms with Crippen LogP contribution in [0.2, 0.25) is 5.02 Å². The lowest BCUT2D eigenvalue weighted by molar-refractivity contribution is -0.378. The van der Waals surface area contributed by atoms with Gasteiger partial charge in [-0.2, -0.15) is 0 Å². The van der Waals surface area contributed by atoms with E-state index in [1.54, 1.807) is 56.7 Å². The number of amides is 1. The molecule has 0 bridgehead atoms. The zero-order valence-corrected chi connectivity index (χ0v) is 20.5. The van der Waals surface area contributed by atoms with E-state index >= 15 is 0 Å². The number of carbonyl (C=O) groups excluding carboxylic acids is 1. The molecule has 0 unspecified atom stereocenters. The van der Waals surface area contributed by atoms with Crippen LogP contribution in [0.25, 0.3) is 10.4 Å². The maximum atomic E-state index is 13.2. The van der Waals surface area contributed by atoms with Gasteiger partial charge in [-0.25, -0.2) is 18.1 Å². The van der Waals surface area contributed by atoms with Crippen LogP contribution in [0.1, 0.15) is 21.6 Å². The van der Waals surface area contributed by atoms with E-state index in [2.05, 4.69) is 15.0 Å². The Labute approximate surface area is 207 Å². The number of rotatable bonds is 7. The van der Waals surface area contributed by atoms with E-state index in [1.807, 2.05) is 12.1 Å². The first kappa shape index (κ1) is 24.2. The maximum Gasteiger partial charge on any atom is 0.257 e. The van der Waals surface area contributed by atoms with Crippen LogP contribution in [0, 0.1) is 6.92 Å². The fourth-order valence-electron chi connectivity index (χ4n) is 3.50. The molecule has 1 amide bonds. The van der Waals surface area contributed by atoms with Gasteiger partial charge in [0.25, 0.3) is 11.5 Å². The number of hydrogen-bond acceptors (Lipinski definition) is 4. The molecule has 0 radical (unpaired) electrons. The first-order valence-corrected chi connectivity index (χ1v) is 12.4. The molecule has 0 aliphatic carbocycles. The van der Waals surface area contributed by atoms with Crippen molar-refractivity contribution in [3.05, 3.63) is 110 Å². The fourth-order valence-corrected chi connectivity index (χ4v) is 5.05. The number of aromatic amines is 1. The van der Waals surface area contributed by atoms with Crippen molar-refractivity contribution in [2.75, 3.05) is 0 Å². The molecule has 0 spiro atoms. The number of hydrogen-bond donors (Lipinski definition) is 1. The molecule has 2 aromatic carbocycles. The normalized spacial score (nSPS) is 11.3. The number of pyridine rings is 1. The Balaban J connectivity index is 1.63. The molecule has 0 saturated heterocycles. The van der Waals surface area contributed by atoms with Crippen LogP contribution in [0.3, 0.4) is 0 Å². The molecule has 0 aliphatic heterocycles. The van der Waals surface area contributed by atoms with Crippen molar-refractivity contribution in [1.29, 1.82) is 0 Å². The predicted molar refractivity (Wildman–Crippen MR) is 132 cm³/mol. The largest absolute Gasteiger partial charge is 0.567 e. The van der Waals surface area contributed by atoms with Gasteiger partial charge in [0.2, 0.25) is 0 Å². The highest BCUT2D eigenvalue weighted by Crippen LogP contribution is 2.33. The zero-order chi connectivity index (χ0) is 25.2. The van der Waals surface area contributed by atoms with Crippen LogP contribution >= 0.6 is 11.6 Å². The lowest BCUT2D eigenvalue weighted by atomic mass is 10.2. The van der Waals surface area contributed by atoms with E-state index in [-0.39, 0.29) is 27.7 Å². The first-order valence-electron chi connectivity index (χ1n) is 10.5. The minimum absolute atomic E-state index is 0.0922. The van der Waals surface area contributed by atoms with E-state index < -0.39 is 21.5 Å². The van der Waals surface area contributed by atoms with Gasteiger partial charge in [-0.05, 0) is 49.0 Å². The molecule has 0 aliphatic rings. The number of para-hydroxylation sites is 1. The Morgan fingerprint density at radius 3 is 2.54 bits per heavy atom.